The van der Waals surface area contributed by atoms with E-state index in [-0.39, 0.29) is 29.9 Å². The van der Waals surface area contributed by atoms with Gasteiger partial charge in [0, 0.05) is 26.7 Å². The van der Waals surface area contributed by atoms with Gasteiger partial charge in [0.2, 0.25) is 0 Å². The highest BCUT2D eigenvalue weighted by atomic mass is 127. The molecule has 1 rings (SSSR count). The Hall–Kier alpha value is -0.480. The van der Waals surface area contributed by atoms with E-state index in [0.29, 0.717) is 6.54 Å². The number of thioether (sulfide) groups is 1. The van der Waals surface area contributed by atoms with Gasteiger partial charge in [0.05, 0.1) is 4.88 Å². The van der Waals surface area contributed by atoms with Crippen LogP contribution in [0.5, 0.6) is 0 Å². The molecule has 0 fully saturated rings. The molecule has 0 aliphatic carbocycles. The van der Waals surface area contributed by atoms with E-state index in [0.717, 1.165) is 36.8 Å². The Morgan fingerprint density at radius 2 is 1.87 bits per heavy atom. The third-order valence-electron chi connectivity index (χ3n) is 2.97. The van der Waals surface area contributed by atoms with Crippen LogP contribution >= 0.6 is 47.1 Å². The van der Waals surface area contributed by atoms with E-state index in [9.17, 15) is 4.79 Å². The molecule has 0 aliphatic rings. The minimum atomic E-state index is 0. The van der Waals surface area contributed by atoms with Crippen molar-refractivity contribution in [1.82, 2.24) is 16.0 Å². The maximum absolute atomic E-state index is 11.7. The zero-order chi connectivity index (χ0) is 16.0. The van der Waals surface area contributed by atoms with Crippen LogP contribution in [0.1, 0.15) is 28.9 Å². The van der Waals surface area contributed by atoms with Crippen molar-refractivity contribution in [2.24, 2.45) is 4.99 Å². The zero-order valence-electron chi connectivity index (χ0n) is 13.8. The highest BCUT2D eigenvalue weighted by molar-refractivity contribution is 14.0. The molecule has 0 atom stereocenters. The molecule has 0 aromatic carbocycles. The second kappa shape index (κ2) is 15.1. The van der Waals surface area contributed by atoms with Crippen molar-refractivity contribution in [1.29, 1.82) is 0 Å². The van der Waals surface area contributed by atoms with Gasteiger partial charge in [-0.15, -0.1) is 35.3 Å². The lowest BCUT2D eigenvalue weighted by Gasteiger charge is -2.11. The lowest BCUT2D eigenvalue weighted by Crippen LogP contribution is -2.39. The summed E-state index contributed by atoms with van der Waals surface area (Å²) in [4.78, 5) is 16.7. The Bertz CT molecular complexity index is 441. The fraction of sp³-hybridized carbons (Fsp3) is 0.600. The van der Waals surface area contributed by atoms with Crippen LogP contribution < -0.4 is 16.0 Å². The number of hydrogen-bond acceptors (Lipinski definition) is 4. The molecule has 132 valence electrons. The number of carbonyl (C=O) groups is 1. The van der Waals surface area contributed by atoms with E-state index in [2.05, 4.69) is 27.2 Å². The fourth-order valence-electron chi connectivity index (χ4n) is 1.79. The van der Waals surface area contributed by atoms with E-state index in [4.69, 9.17) is 0 Å². The van der Waals surface area contributed by atoms with Crippen LogP contribution in [0.25, 0.3) is 0 Å². The molecule has 1 aromatic rings. The standard InChI is InChI=1S/C15H26N4OS2.HI/c1-16-15(18-8-3-4-11-21-2)19-10-6-9-17-14(20)13-7-5-12-22-13;/h5,7,12H,3-4,6,8-11H2,1-2H3,(H,17,20)(H2,16,18,19);1H. The van der Waals surface area contributed by atoms with Gasteiger partial charge in [-0.05, 0) is 42.7 Å². The molecule has 1 heterocycles. The molecule has 0 saturated carbocycles. The monoisotopic (exact) mass is 470 g/mol. The predicted molar refractivity (Wildman–Crippen MR) is 114 cm³/mol. The summed E-state index contributed by atoms with van der Waals surface area (Å²) in [5, 5.41) is 11.4. The maximum Gasteiger partial charge on any atom is 0.261 e. The molecule has 5 nitrogen and oxygen atoms in total. The predicted octanol–water partition coefficient (Wildman–Crippen LogP) is 2.79. The summed E-state index contributed by atoms with van der Waals surface area (Å²) in [7, 11) is 1.77. The summed E-state index contributed by atoms with van der Waals surface area (Å²) in [5.41, 5.74) is 0. The van der Waals surface area contributed by atoms with Gasteiger partial charge in [0.15, 0.2) is 5.96 Å². The molecule has 3 N–H and O–H groups in total. The Balaban J connectivity index is 0.00000484. The van der Waals surface area contributed by atoms with Crippen LogP contribution in [0.4, 0.5) is 0 Å². The average Bonchev–Trinajstić information content (AvgIpc) is 3.06. The van der Waals surface area contributed by atoms with Crippen LogP contribution in [-0.2, 0) is 0 Å². The van der Waals surface area contributed by atoms with Crippen LogP contribution in [0.2, 0.25) is 0 Å². The first kappa shape index (κ1) is 22.5. The topological polar surface area (TPSA) is 65.5 Å². The molecular weight excluding hydrogens is 443 g/mol. The van der Waals surface area contributed by atoms with Gasteiger partial charge in [-0.25, -0.2) is 0 Å². The first-order chi connectivity index (χ1) is 10.8. The number of unbranched alkanes of at least 4 members (excludes halogenated alkanes) is 1. The van der Waals surface area contributed by atoms with Crippen molar-refractivity contribution >= 4 is 58.9 Å². The van der Waals surface area contributed by atoms with Crippen molar-refractivity contribution in [2.45, 2.75) is 19.3 Å². The lowest BCUT2D eigenvalue weighted by molar-refractivity contribution is 0.0957. The van der Waals surface area contributed by atoms with E-state index in [1.54, 1.807) is 7.05 Å². The quantitative estimate of drug-likeness (QED) is 0.213. The maximum atomic E-state index is 11.7. The number of nitrogens with one attached hydrogen (secondary N) is 3. The van der Waals surface area contributed by atoms with Gasteiger partial charge < -0.3 is 16.0 Å². The van der Waals surface area contributed by atoms with Gasteiger partial charge in [0.1, 0.15) is 0 Å². The highest BCUT2D eigenvalue weighted by Gasteiger charge is 2.04. The molecule has 0 radical (unpaired) electrons. The molecule has 1 amide bonds. The Morgan fingerprint density at radius 3 is 2.48 bits per heavy atom. The SMILES string of the molecule is CN=C(NCCCCSC)NCCCNC(=O)c1cccs1.I. The Kier molecular flexibility index (Phi) is 14.8. The normalized spacial score (nSPS) is 10.8. The Morgan fingerprint density at radius 1 is 1.17 bits per heavy atom. The molecular formula is C15H27IN4OS2. The molecule has 23 heavy (non-hydrogen) atoms. The summed E-state index contributed by atoms with van der Waals surface area (Å²) < 4.78 is 0. The number of carbonyl (C=O) groups excluding carboxylic acids is 1. The molecule has 0 aliphatic heterocycles. The molecule has 0 saturated heterocycles. The first-order valence-electron chi connectivity index (χ1n) is 7.53. The first-order valence-corrected chi connectivity index (χ1v) is 9.80. The number of amides is 1. The highest BCUT2D eigenvalue weighted by Crippen LogP contribution is 2.07. The van der Waals surface area contributed by atoms with Crippen LogP contribution in [0.3, 0.4) is 0 Å². The summed E-state index contributed by atoms with van der Waals surface area (Å²) in [5.74, 6) is 2.04. The van der Waals surface area contributed by atoms with Gasteiger partial charge in [-0.1, -0.05) is 6.07 Å². The van der Waals surface area contributed by atoms with E-state index >= 15 is 0 Å². The number of aliphatic imine (C=N–C) groups is 1. The molecule has 1 aromatic heterocycles. The number of halogens is 1. The molecule has 0 unspecified atom stereocenters. The van der Waals surface area contributed by atoms with E-state index in [1.165, 1.54) is 23.5 Å². The van der Waals surface area contributed by atoms with Gasteiger partial charge in [-0.2, -0.15) is 11.8 Å². The van der Waals surface area contributed by atoms with Crippen LogP contribution in [0.15, 0.2) is 22.5 Å². The molecule has 0 spiro atoms. The van der Waals surface area contributed by atoms with Crippen molar-refractivity contribution < 1.29 is 4.79 Å². The summed E-state index contributed by atoms with van der Waals surface area (Å²) in [6.07, 6.45) is 5.37. The van der Waals surface area contributed by atoms with E-state index in [1.807, 2.05) is 29.3 Å². The molecule has 8 heteroatoms. The second-order valence-corrected chi connectivity index (χ2v) is 6.65. The number of guanidine groups is 1. The fourth-order valence-corrected chi connectivity index (χ4v) is 2.92. The molecule has 0 bridgehead atoms. The second-order valence-electron chi connectivity index (χ2n) is 4.71. The van der Waals surface area contributed by atoms with Gasteiger partial charge >= 0.3 is 0 Å². The number of thiophene rings is 1. The summed E-state index contributed by atoms with van der Waals surface area (Å²) in [6.45, 7) is 2.39. The number of rotatable bonds is 10. The van der Waals surface area contributed by atoms with Crippen LogP contribution in [0, 0.1) is 0 Å². The van der Waals surface area contributed by atoms with Crippen molar-refractivity contribution in [3.8, 4) is 0 Å². The van der Waals surface area contributed by atoms with Gasteiger partial charge in [0.25, 0.3) is 5.91 Å². The largest absolute Gasteiger partial charge is 0.356 e. The minimum absolute atomic E-state index is 0. The summed E-state index contributed by atoms with van der Waals surface area (Å²) in [6, 6.07) is 3.72. The van der Waals surface area contributed by atoms with Crippen molar-refractivity contribution in [3.63, 3.8) is 0 Å². The zero-order valence-corrected chi connectivity index (χ0v) is 17.7. The number of nitrogens with zero attached hydrogens (tertiary/aromatic N) is 1. The van der Waals surface area contributed by atoms with Gasteiger partial charge in [-0.3, -0.25) is 9.79 Å². The third kappa shape index (κ3) is 10.8. The minimum Gasteiger partial charge on any atom is -0.356 e. The smallest absolute Gasteiger partial charge is 0.261 e. The van der Waals surface area contributed by atoms with Crippen molar-refractivity contribution in [3.05, 3.63) is 22.4 Å². The third-order valence-corrected chi connectivity index (χ3v) is 4.53. The average molecular weight is 470 g/mol. The van der Waals surface area contributed by atoms with Crippen molar-refractivity contribution in [2.75, 3.05) is 38.7 Å². The number of hydrogen-bond donors (Lipinski definition) is 3. The summed E-state index contributed by atoms with van der Waals surface area (Å²) >= 11 is 3.34. The Labute approximate surface area is 164 Å². The van der Waals surface area contributed by atoms with Crippen LogP contribution in [-0.4, -0.2) is 50.6 Å². The lowest BCUT2D eigenvalue weighted by atomic mass is 10.3. The van der Waals surface area contributed by atoms with E-state index < -0.39 is 0 Å².